The number of hydrogen-bond donors (Lipinski definition) is 1. The number of fused-ring (bicyclic) bond motifs is 4. The number of nitrogens with zero attached hydrogens (tertiary/aromatic N) is 2. The van der Waals surface area contributed by atoms with Crippen LogP contribution in [0.4, 0.5) is 0 Å². The molecule has 5 rings (SSSR count). The normalized spacial score (nSPS) is 31.5. The van der Waals surface area contributed by atoms with Crippen LogP contribution in [-0.2, 0) is 5.41 Å². The summed E-state index contributed by atoms with van der Waals surface area (Å²) in [5, 5.41) is 3.20. The number of carbonyl (C=O) groups is 1. The number of aromatic nitrogens is 1. The van der Waals surface area contributed by atoms with Crippen molar-refractivity contribution in [2.45, 2.75) is 38.1 Å². The maximum atomic E-state index is 12.7. The number of amides is 1. The third-order valence-electron chi connectivity index (χ3n) is 5.40. The van der Waals surface area contributed by atoms with E-state index in [1.165, 1.54) is 25.9 Å². The second-order valence-corrected chi connectivity index (χ2v) is 7.43. The molecule has 5 nitrogen and oxygen atoms in total. The lowest BCUT2D eigenvalue weighted by Gasteiger charge is -2.44. The largest absolute Gasteiger partial charge is 0.490 e. The molecule has 22 heavy (non-hydrogen) atoms. The van der Waals surface area contributed by atoms with Gasteiger partial charge in [0.15, 0.2) is 11.4 Å². The maximum absolute atomic E-state index is 12.7. The highest BCUT2D eigenvalue weighted by Crippen LogP contribution is 2.39. The minimum absolute atomic E-state index is 0.0527. The molecule has 4 aliphatic rings. The molecule has 1 aromatic rings. The summed E-state index contributed by atoms with van der Waals surface area (Å²) in [6.45, 7) is 8.19. The number of ether oxygens (including phenoxy) is 1. The summed E-state index contributed by atoms with van der Waals surface area (Å²) < 4.78 is 5.78. The standard InChI is InChI=1S/C17H23N3O2/c1-17(2)10-22-15-12(17)3-6-18-14(15)16(21)19-13-9-20-7-4-11(13)5-8-20/h3,6,11,13H,4-5,7-10H2,1-2H3,(H,19,21)/t13-/m0/s1. The molecule has 118 valence electrons. The fourth-order valence-corrected chi connectivity index (χ4v) is 3.98. The molecular formula is C17H23N3O2. The molecule has 3 fully saturated rings. The number of hydrogen-bond acceptors (Lipinski definition) is 4. The van der Waals surface area contributed by atoms with E-state index in [9.17, 15) is 4.79 Å². The average molecular weight is 301 g/mol. The van der Waals surface area contributed by atoms with Gasteiger partial charge in [0.05, 0.1) is 6.61 Å². The average Bonchev–Trinajstić information content (AvgIpc) is 2.84. The summed E-state index contributed by atoms with van der Waals surface area (Å²) in [5.74, 6) is 1.20. The molecule has 1 atom stereocenters. The van der Waals surface area contributed by atoms with Crippen LogP contribution in [-0.4, -0.2) is 48.1 Å². The first kappa shape index (κ1) is 14.0. The molecule has 0 aliphatic carbocycles. The van der Waals surface area contributed by atoms with Crippen molar-refractivity contribution >= 4 is 5.91 Å². The fourth-order valence-electron chi connectivity index (χ4n) is 3.98. The molecular weight excluding hydrogens is 278 g/mol. The topological polar surface area (TPSA) is 54.5 Å². The van der Waals surface area contributed by atoms with Gasteiger partial charge in [-0.05, 0) is 37.9 Å². The van der Waals surface area contributed by atoms with Gasteiger partial charge >= 0.3 is 0 Å². The van der Waals surface area contributed by atoms with Crippen LogP contribution < -0.4 is 10.1 Å². The van der Waals surface area contributed by atoms with Gasteiger partial charge in [-0.25, -0.2) is 4.98 Å². The molecule has 2 bridgehead atoms. The molecule has 4 aliphatic heterocycles. The van der Waals surface area contributed by atoms with Crippen molar-refractivity contribution in [1.82, 2.24) is 15.2 Å². The lowest BCUT2D eigenvalue weighted by molar-refractivity contribution is 0.0616. The van der Waals surface area contributed by atoms with Gasteiger partial charge in [0.25, 0.3) is 5.91 Å². The summed E-state index contributed by atoms with van der Waals surface area (Å²) in [7, 11) is 0. The summed E-state index contributed by atoms with van der Waals surface area (Å²) >= 11 is 0. The molecule has 0 spiro atoms. The maximum Gasteiger partial charge on any atom is 0.274 e. The summed E-state index contributed by atoms with van der Waals surface area (Å²) in [4.78, 5) is 19.4. The number of pyridine rings is 1. The van der Waals surface area contributed by atoms with E-state index >= 15 is 0 Å². The molecule has 3 saturated heterocycles. The molecule has 0 unspecified atom stereocenters. The van der Waals surface area contributed by atoms with Crippen LogP contribution in [0.1, 0.15) is 42.7 Å². The van der Waals surface area contributed by atoms with Crippen molar-refractivity contribution in [2.24, 2.45) is 5.92 Å². The van der Waals surface area contributed by atoms with Crippen molar-refractivity contribution in [3.05, 3.63) is 23.5 Å². The number of carbonyl (C=O) groups excluding carboxylic acids is 1. The minimum atomic E-state index is -0.0895. The Bertz CT molecular complexity index is 606. The van der Waals surface area contributed by atoms with Crippen LogP contribution in [0.15, 0.2) is 12.3 Å². The van der Waals surface area contributed by atoms with Gasteiger partial charge < -0.3 is 15.0 Å². The van der Waals surface area contributed by atoms with E-state index in [0.717, 1.165) is 12.1 Å². The first-order valence-electron chi connectivity index (χ1n) is 8.20. The first-order valence-corrected chi connectivity index (χ1v) is 8.20. The Hall–Kier alpha value is -1.62. The van der Waals surface area contributed by atoms with Crippen LogP contribution >= 0.6 is 0 Å². The van der Waals surface area contributed by atoms with E-state index in [1.54, 1.807) is 6.20 Å². The third kappa shape index (κ3) is 2.19. The summed E-state index contributed by atoms with van der Waals surface area (Å²) in [6, 6.07) is 2.22. The van der Waals surface area contributed by atoms with Gasteiger partial charge in [-0.1, -0.05) is 13.8 Å². The SMILES string of the molecule is CC1(C)COc2c1ccnc2C(=O)N[C@H]1CN2CCC1CC2. The Kier molecular flexibility index (Phi) is 3.15. The molecule has 0 aromatic carbocycles. The summed E-state index contributed by atoms with van der Waals surface area (Å²) in [5.41, 5.74) is 1.48. The zero-order chi connectivity index (χ0) is 15.3. The Morgan fingerprint density at radius 1 is 1.41 bits per heavy atom. The summed E-state index contributed by atoms with van der Waals surface area (Å²) in [6.07, 6.45) is 4.10. The van der Waals surface area contributed by atoms with E-state index in [1.807, 2.05) is 6.07 Å². The Balaban J connectivity index is 1.56. The molecule has 0 radical (unpaired) electrons. The number of nitrogens with one attached hydrogen (secondary N) is 1. The van der Waals surface area contributed by atoms with Crippen molar-refractivity contribution in [3.63, 3.8) is 0 Å². The van der Waals surface area contributed by atoms with Crippen molar-refractivity contribution in [1.29, 1.82) is 0 Å². The lowest BCUT2D eigenvalue weighted by atomic mass is 9.84. The van der Waals surface area contributed by atoms with Gasteiger partial charge in [0.2, 0.25) is 0 Å². The Morgan fingerprint density at radius 3 is 2.86 bits per heavy atom. The minimum Gasteiger partial charge on any atom is -0.490 e. The van der Waals surface area contributed by atoms with Crippen LogP contribution in [0.5, 0.6) is 5.75 Å². The molecule has 1 aromatic heterocycles. The van der Waals surface area contributed by atoms with Gasteiger partial charge in [-0.15, -0.1) is 0 Å². The monoisotopic (exact) mass is 301 g/mol. The highest BCUT2D eigenvalue weighted by Gasteiger charge is 2.38. The highest BCUT2D eigenvalue weighted by molar-refractivity contribution is 5.95. The second-order valence-electron chi connectivity index (χ2n) is 7.43. The Labute approximate surface area is 131 Å². The lowest BCUT2D eigenvalue weighted by Crippen LogP contribution is -2.57. The van der Waals surface area contributed by atoms with Crippen LogP contribution in [0.25, 0.3) is 0 Å². The van der Waals surface area contributed by atoms with Gasteiger partial charge in [0.1, 0.15) is 0 Å². The van der Waals surface area contributed by atoms with Crippen LogP contribution in [0.2, 0.25) is 0 Å². The predicted octanol–water partition coefficient (Wildman–Crippen LogP) is 1.58. The predicted molar refractivity (Wildman–Crippen MR) is 83.2 cm³/mol. The molecule has 1 amide bonds. The Morgan fingerprint density at radius 2 is 2.18 bits per heavy atom. The number of rotatable bonds is 2. The van der Waals surface area contributed by atoms with Crippen LogP contribution in [0.3, 0.4) is 0 Å². The third-order valence-corrected chi connectivity index (χ3v) is 5.40. The second kappa shape index (κ2) is 4.95. The molecule has 5 heteroatoms. The molecule has 0 saturated carbocycles. The van der Waals surface area contributed by atoms with Gasteiger partial charge in [0, 0.05) is 29.8 Å². The number of piperidine rings is 3. The molecule has 5 heterocycles. The van der Waals surface area contributed by atoms with E-state index < -0.39 is 0 Å². The smallest absolute Gasteiger partial charge is 0.274 e. The van der Waals surface area contributed by atoms with Gasteiger partial charge in [-0.2, -0.15) is 0 Å². The zero-order valence-corrected chi connectivity index (χ0v) is 13.3. The van der Waals surface area contributed by atoms with E-state index in [0.29, 0.717) is 24.0 Å². The van der Waals surface area contributed by atoms with Crippen molar-refractivity contribution in [3.8, 4) is 5.75 Å². The van der Waals surface area contributed by atoms with Crippen molar-refractivity contribution in [2.75, 3.05) is 26.2 Å². The highest BCUT2D eigenvalue weighted by atomic mass is 16.5. The molecule has 1 N–H and O–H groups in total. The fraction of sp³-hybridized carbons (Fsp3) is 0.647. The van der Waals surface area contributed by atoms with E-state index in [2.05, 4.69) is 29.0 Å². The van der Waals surface area contributed by atoms with Crippen LogP contribution in [0, 0.1) is 5.92 Å². The van der Waals surface area contributed by atoms with E-state index in [4.69, 9.17) is 4.74 Å². The zero-order valence-electron chi connectivity index (χ0n) is 13.3. The quantitative estimate of drug-likeness (QED) is 0.901. The first-order chi connectivity index (χ1) is 10.5. The van der Waals surface area contributed by atoms with Crippen molar-refractivity contribution < 1.29 is 9.53 Å². The van der Waals surface area contributed by atoms with Gasteiger partial charge in [-0.3, -0.25) is 4.79 Å². The van der Waals surface area contributed by atoms with E-state index in [-0.39, 0.29) is 17.4 Å².